The fourth-order valence-corrected chi connectivity index (χ4v) is 5.14. The third-order valence-electron chi connectivity index (χ3n) is 5.97. The molecule has 4 unspecified atom stereocenters. The lowest BCUT2D eigenvalue weighted by molar-refractivity contribution is 0.230. The summed E-state index contributed by atoms with van der Waals surface area (Å²) in [6.45, 7) is 0. The number of hydrogen-bond donors (Lipinski definition) is 2. The summed E-state index contributed by atoms with van der Waals surface area (Å²) >= 11 is 0. The molecular weight excluding hydrogens is 224 g/mol. The van der Waals surface area contributed by atoms with Crippen LogP contribution in [-0.4, -0.2) is 18.1 Å². The lowest BCUT2D eigenvalue weighted by atomic mass is 9.96. The molecule has 0 radical (unpaired) electrons. The lowest BCUT2D eigenvalue weighted by Gasteiger charge is -2.23. The van der Waals surface area contributed by atoms with Gasteiger partial charge in [-0.05, 0) is 55.8 Å². The van der Waals surface area contributed by atoms with E-state index < -0.39 is 0 Å². The van der Waals surface area contributed by atoms with Crippen molar-refractivity contribution in [3.8, 4) is 0 Å². The highest BCUT2D eigenvalue weighted by Crippen LogP contribution is 2.65. The van der Waals surface area contributed by atoms with E-state index in [9.17, 15) is 4.79 Å². The third kappa shape index (κ3) is 1.74. The van der Waals surface area contributed by atoms with E-state index in [1.807, 2.05) is 0 Å². The summed E-state index contributed by atoms with van der Waals surface area (Å²) in [5.41, 5.74) is 0. The van der Waals surface area contributed by atoms with Crippen LogP contribution in [0.5, 0.6) is 0 Å². The quantitative estimate of drug-likeness (QED) is 0.775. The molecule has 3 nitrogen and oxygen atoms in total. The number of carbonyl (C=O) groups is 1. The van der Waals surface area contributed by atoms with Crippen LogP contribution in [0.1, 0.15) is 51.4 Å². The van der Waals surface area contributed by atoms with Gasteiger partial charge in [0, 0.05) is 12.1 Å². The standard InChI is InChI=1S/C15H24N2O/c18-15(16-11-4-2-1-3-5-11)17-14-12-9-6-7-10(8-9)13(12)14/h9-14H,1-8H2,(H2,16,17,18). The molecule has 4 rings (SSSR count). The van der Waals surface area contributed by atoms with Crippen LogP contribution >= 0.6 is 0 Å². The van der Waals surface area contributed by atoms with Gasteiger partial charge in [0.15, 0.2) is 0 Å². The van der Waals surface area contributed by atoms with E-state index in [0.29, 0.717) is 12.1 Å². The first-order chi connectivity index (χ1) is 8.83. The summed E-state index contributed by atoms with van der Waals surface area (Å²) in [5.74, 6) is 3.58. The first kappa shape index (κ1) is 11.1. The highest BCUT2D eigenvalue weighted by atomic mass is 16.2. The molecule has 4 aliphatic carbocycles. The van der Waals surface area contributed by atoms with Crippen molar-refractivity contribution in [1.82, 2.24) is 10.6 Å². The summed E-state index contributed by atoms with van der Waals surface area (Å²) in [6, 6.07) is 1.08. The third-order valence-corrected chi connectivity index (χ3v) is 5.97. The van der Waals surface area contributed by atoms with Gasteiger partial charge in [0.25, 0.3) is 0 Å². The van der Waals surface area contributed by atoms with Crippen LogP contribution in [0.4, 0.5) is 4.79 Å². The second kappa shape index (κ2) is 4.14. The molecule has 100 valence electrons. The Kier molecular flexibility index (Phi) is 2.56. The van der Waals surface area contributed by atoms with Crippen LogP contribution in [0.25, 0.3) is 0 Å². The van der Waals surface area contributed by atoms with Crippen LogP contribution in [0.3, 0.4) is 0 Å². The van der Waals surface area contributed by atoms with E-state index in [2.05, 4.69) is 10.6 Å². The summed E-state index contributed by atoms with van der Waals surface area (Å²) in [4.78, 5) is 12.0. The molecule has 0 spiro atoms. The zero-order valence-electron chi connectivity index (χ0n) is 11.0. The Morgan fingerprint density at radius 1 is 0.833 bits per heavy atom. The van der Waals surface area contributed by atoms with E-state index in [1.165, 1.54) is 51.4 Å². The van der Waals surface area contributed by atoms with Crippen molar-refractivity contribution in [3.63, 3.8) is 0 Å². The molecule has 0 aromatic carbocycles. The predicted octanol–water partition coefficient (Wildman–Crippen LogP) is 2.66. The molecule has 0 aromatic heterocycles. The van der Waals surface area contributed by atoms with Gasteiger partial charge >= 0.3 is 6.03 Å². The van der Waals surface area contributed by atoms with E-state index in [0.717, 1.165) is 23.7 Å². The van der Waals surface area contributed by atoms with Gasteiger partial charge in [-0.25, -0.2) is 4.79 Å². The van der Waals surface area contributed by atoms with E-state index >= 15 is 0 Å². The Morgan fingerprint density at radius 3 is 2.17 bits per heavy atom. The molecule has 18 heavy (non-hydrogen) atoms. The number of carbonyl (C=O) groups excluding carboxylic acids is 1. The van der Waals surface area contributed by atoms with Crippen molar-refractivity contribution in [2.45, 2.75) is 63.5 Å². The second-order valence-corrected chi connectivity index (χ2v) is 6.97. The van der Waals surface area contributed by atoms with Crippen LogP contribution in [0, 0.1) is 23.7 Å². The molecule has 2 N–H and O–H groups in total. The number of urea groups is 1. The molecule has 4 atom stereocenters. The minimum Gasteiger partial charge on any atom is -0.335 e. The Balaban J connectivity index is 1.27. The van der Waals surface area contributed by atoms with Crippen LogP contribution in [0.2, 0.25) is 0 Å². The molecule has 0 heterocycles. The Morgan fingerprint density at radius 2 is 1.50 bits per heavy atom. The zero-order chi connectivity index (χ0) is 12.1. The summed E-state index contributed by atoms with van der Waals surface area (Å²) in [6.07, 6.45) is 10.6. The molecular formula is C15H24N2O. The Hall–Kier alpha value is -0.730. The average Bonchev–Trinajstić information content (AvgIpc) is 2.79. The van der Waals surface area contributed by atoms with Crippen LogP contribution in [-0.2, 0) is 0 Å². The molecule has 2 amide bonds. The molecule has 0 aromatic rings. The Bertz CT molecular complexity index is 334. The first-order valence-electron chi connectivity index (χ1n) is 7.90. The van der Waals surface area contributed by atoms with Crippen molar-refractivity contribution in [1.29, 1.82) is 0 Å². The van der Waals surface area contributed by atoms with Crippen molar-refractivity contribution in [3.05, 3.63) is 0 Å². The van der Waals surface area contributed by atoms with E-state index in [1.54, 1.807) is 0 Å². The maximum atomic E-state index is 12.0. The molecule has 4 saturated carbocycles. The van der Waals surface area contributed by atoms with Crippen LogP contribution < -0.4 is 10.6 Å². The maximum absolute atomic E-state index is 12.0. The van der Waals surface area contributed by atoms with Gasteiger partial charge in [-0.3, -0.25) is 0 Å². The van der Waals surface area contributed by atoms with Crippen molar-refractivity contribution in [2.24, 2.45) is 23.7 Å². The SMILES string of the molecule is O=C(NC1CCCCC1)NC1C2C3CCC(C3)C12. The van der Waals surface area contributed by atoms with Gasteiger partial charge in [0.2, 0.25) is 0 Å². The molecule has 2 bridgehead atoms. The zero-order valence-corrected chi connectivity index (χ0v) is 11.0. The van der Waals surface area contributed by atoms with E-state index in [-0.39, 0.29) is 6.03 Å². The van der Waals surface area contributed by atoms with E-state index in [4.69, 9.17) is 0 Å². The number of hydrogen-bond acceptors (Lipinski definition) is 1. The highest BCUT2D eigenvalue weighted by molar-refractivity contribution is 5.75. The fraction of sp³-hybridized carbons (Fsp3) is 0.933. The van der Waals surface area contributed by atoms with Gasteiger partial charge < -0.3 is 10.6 Å². The maximum Gasteiger partial charge on any atom is 0.315 e. The van der Waals surface area contributed by atoms with Gasteiger partial charge in [-0.15, -0.1) is 0 Å². The smallest absolute Gasteiger partial charge is 0.315 e. The summed E-state index contributed by atoms with van der Waals surface area (Å²) < 4.78 is 0. The normalized spacial score (nSPS) is 45.7. The van der Waals surface area contributed by atoms with Crippen molar-refractivity contribution >= 4 is 6.03 Å². The Labute approximate surface area is 109 Å². The minimum atomic E-state index is 0.112. The molecule has 3 heteroatoms. The number of nitrogens with one attached hydrogen (secondary N) is 2. The molecule has 0 saturated heterocycles. The number of rotatable bonds is 2. The lowest BCUT2D eigenvalue weighted by Crippen LogP contribution is -2.44. The summed E-state index contributed by atoms with van der Waals surface area (Å²) in [5, 5.41) is 6.43. The summed E-state index contributed by atoms with van der Waals surface area (Å²) in [7, 11) is 0. The van der Waals surface area contributed by atoms with Crippen molar-refractivity contribution < 1.29 is 4.79 Å². The fourth-order valence-electron chi connectivity index (χ4n) is 5.14. The van der Waals surface area contributed by atoms with Gasteiger partial charge in [-0.1, -0.05) is 19.3 Å². The van der Waals surface area contributed by atoms with Gasteiger partial charge in [0.1, 0.15) is 0 Å². The first-order valence-corrected chi connectivity index (χ1v) is 7.90. The monoisotopic (exact) mass is 248 g/mol. The van der Waals surface area contributed by atoms with Crippen molar-refractivity contribution in [2.75, 3.05) is 0 Å². The molecule has 4 fully saturated rings. The predicted molar refractivity (Wildman–Crippen MR) is 70.1 cm³/mol. The molecule has 4 aliphatic rings. The molecule has 0 aliphatic heterocycles. The van der Waals surface area contributed by atoms with Crippen LogP contribution in [0.15, 0.2) is 0 Å². The average molecular weight is 248 g/mol. The van der Waals surface area contributed by atoms with Gasteiger partial charge in [-0.2, -0.15) is 0 Å². The topological polar surface area (TPSA) is 41.1 Å². The van der Waals surface area contributed by atoms with Gasteiger partial charge in [0.05, 0.1) is 0 Å². The highest BCUT2D eigenvalue weighted by Gasteiger charge is 2.65. The largest absolute Gasteiger partial charge is 0.335 e. The number of amides is 2. The number of fused-ring (bicyclic) bond motifs is 5. The second-order valence-electron chi connectivity index (χ2n) is 6.97. The minimum absolute atomic E-state index is 0.112.